The Labute approximate surface area is 161 Å². The van der Waals surface area contributed by atoms with E-state index in [1.165, 1.54) is 4.57 Å². The number of aromatic nitrogens is 2. The van der Waals surface area contributed by atoms with Gasteiger partial charge in [-0.05, 0) is 44.0 Å². The van der Waals surface area contributed by atoms with Crippen LogP contribution in [0.4, 0.5) is 13.2 Å². The molecule has 4 nitrogen and oxygen atoms in total. The number of fused-ring (bicyclic) bond motifs is 1. The van der Waals surface area contributed by atoms with Crippen molar-refractivity contribution in [3.8, 4) is 0 Å². The molecule has 1 heterocycles. The smallest absolute Gasteiger partial charge is 0.320 e. The maximum Gasteiger partial charge on any atom is 0.417 e. The van der Waals surface area contributed by atoms with Gasteiger partial charge in [-0.2, -0.15) is 13.2 Å². The second-order valence-electron chi connectivity index (χ2n) is 7.89. The van der Waals surface area contributed by atoms with E-state index < -0.39 is 22.3 Å². The van der Waals surface area contributed by atoms with Gasteiger partial charge in [0.1, 0.15) is 5.82 Å². The fraction of sp³-hybridized carbons (Fsp3) is 0.579. The molecule has 27 heavy (non-hydrogen) atoms. The SMILES string of the molecule is CNCCCCc1nc2cc(Cl)c(C(F)(F)F)cc2c(=O)n1CC(C)(C)C. The zero-order valence-electron chi connectivity index (χ0n) is 16.0. The van der Waals surface area contributed by atoms with E-state index in [9.17, 15) is 18.0 Å². The van der Waals surface area contributed by atoms with Gasteiger partial charge in [-0.3, -0.25) is 9.36 Å². The first-order valence-corrected chi connectivity index (χ1v) is 9.26. The monoisotopic (exact) mass is 403 g/mol. The van der Waals surface area contributed by atoms with Crippen molar-refractivity contribution in [2.24, 2.45) is 5.41 Å². The predicted molar refractivity (Wildman–Crippen MR) is 102 cm³/mol. The van der Waals surface area contributed by atoms with E-state index >= 15 is 0 Å². The Morgan fingerprint density at radius 3 is 2.41 bits per heavy atom. The van der Waals surface area contributed by atoms with Crippen LogP contribution in [0.1, 0.15) is 45.0 Å². The number of rotatable bonds is 6. The summed E-state index contributed by atoms with van der Waals surface area (Å²) in [6.07, 6.45) is -2.33. The Morgan fingerprint density at radius 2 is 1.85 bits per heavy atom. The normalized spacial score (nSPS) is 12.7. The molecule has 1 aromatic carbocycles. The van der Waals surface area contributed by atoms with Crippen LogP contribution in [0, 0.1) is 5.41 Å². The van der Waals surface area contributed by atoms with Gasteiger partial charge in [0.2, 0.25) is 0 Å². The first kappa shape index (κ1) is 21.7. The molecular formula is C19H25ClF3N3O. The van der Waals surface area contributed by atoms with Crippen LogP contribution in [-0.2, 0) is 19.1 Å². The van der Waals surface area contributed by atoms with E-state index in [0.29, 0.717) is 18.8 Å². The summed E-state index contributed by atoms with van der Waals surface area (Å²) < 4.78 is 41.0. The summed E-state index contributed by atoms with van der Waals surface area (Å²) in [4.78, 5) is 17.5. The lowest BCUT2D eigenvalue weighted by atomic mass is 9.96. The quantitative estimate of drug-likeness (QED) is 0.714. The lowest BCUT2D eigenvalue weighted by molar-refractivity contribution is -0.137. The molecule has 0 bridgehead atoms. The summed E-state index contributed by atoms with van der Waals surface area (Å²) in [6.45, 7) is 7.13. The Kier molecular flexibility index (Phi) is 6.58. The van der Waals surface area contributed by atoms with E-state index in [2.05, 4.69) is 10.3 Å². The Balaban J connectivity index is 2.62. The number of halogens is 4. The van der Waals surface area contributed by atoms with E-state index in [-0.39, 0.29) is 16.3 Å². The summed E-state index contributed by atoms with van der Waals surface area (Å²) >= 11 is 5.81. The number of hydrogen-bond acceptors (Lipinski definition) is 3. The number of benzene rings is 1. The number of nitrogens with zero attached hydrogens (tertiary/aromatic N) is 2. The van der Waals surface area contributed by atoms with Crippen molar-refractivity contribution in [2.45, 2.75) is 52.8 Å². The number of alkyl halides is 3. The van der Waals surface area contributed by atoms with Gasteiger partial charge in [-0.15, -0.1) is 0 Å². The highest BCUT2D eigenvalue weighted by Crippen LogP contribution is 2.36. The molecule has 0 aliphatic rings. The number of nitrogens with one attached hydrogen (secondary N) is 1. The van der Waals surface area contributed by atoms with Crippen molar-refractivity contribution in [1.82, 2.24) is 14.9 Å². The highest BCUT2D eigenvalue weighted by Gasteiger charge is 2.34. The molecule has 8 heteroatoms. The zero-order valence-corrected chi connectivity index (χ0v) is 16.8. The van der Waals surface area contributed by atoms with Crippen molar-refractivity contribution in [1.29, 1.82) is 0 Å². The summed E-state index contributed by atoms with van der Waals surface area (Å²) in [5.41, 5.74) is -1.50. The first-order chi connectivity index (χ1) is 12.4. The van der Waals surface area contributed by atoms with Crippen molar-refractivity contribution >= 4 is 22.5 Å². The Morgan fingerprint density at radius 1 is 1.19 bits per heavy atom. The molecule has 0 spiro atoms. The molecule has 0 atom stereocenters. The number of unbranched alkanes of at least 4 members (excludes halogenated alkanes) is 1. The van der Waals surface area contributed by atoms with Gasteiger partial charge < -0.3 is 5.32 Å². The third-order valence-electron chi connectivity index (χ3n) is 4.14. The molecule has 0 saturated carbocycles. The van der Waals surface area contributed by atoms with Crippen LogP contribution in [0.3, 0.4) is 0 Å². The summed E-state index contributed by atoms with van der Waals surface area (Å²) in [5, 5.41) is 2.55. The largest absolute Gasteiger partial charge is 0.417 e. The highest BCUT2D eigenvalue weighted by atomic mass is 35.5. The molecule has 1 aromatic heterocycles. The summed E-state index contributed by atoms with van der Waals surface area (Å²) in [5.74, 6) is 0.578. The van der Waals surface area contributed by atoms with E-state index in [1.807, 2.05) is 27.8 Å². The minimum atomic E-state index is -4.63. The molecule has 150 valence electrons. The topological polar surface area (TPSA) is 46.9 Å². The van der Waals surface area contributed by atoms with E-state index in [4.69, 9.17) is 11.6 Å². The second kappa shape index (κ2) is 8.19. The van der Waals surface area contributed by atoms with Crippen LogP contribution >= 0.6 is 11.6 Å². The molecule has 0 radical (unpaired) electrons. The maximum atomic E-state index is 13.2. The van der Waals surface area contributed by atoms with Crippen molar-refractivity contribution < 1.29 is 13.2 Å². The molecule has 0 fully saturated rings. The molecular weight excluding hydrogens is 379 g/mol. The van der Waals surface area contributed by atoms with E-state index in [0.717, 1.165) is 31.5 Å². The van der Waals surface area contributed by atoms with Crippen LogP contribution in [0.25, 0.3) is 10.9 Å². The maximum absolute atomic E-state index is 13.2. The van der Waals surface area contributed by atoms with E-state index in [1.54, 1.807) is 0 Å². The Bertz CT molecular complexity index is 870. The third-order valence-corrected chi connectivity index (χ3v) is 4.45. The van der Waals surface area contributed by atoms with Crippen molar-refractivity contribution in [3.05, 3.63) is 38.9 Å². The molecule has 0 aliphatic heterocycles. The van der Waals surface area contributed by atoms with Crippen LogP contribution in [0.2, 0.25) is 5.02 Å². The average Bonchev–Trinajstić information content (AvgIpc) is 2.52. The van der Waals surface area contributed by atoms with Gasteiger partial charge in [0, 0.05) is 13.0 Å². The van der Waals surface area contributed by atoms with Gasteiger partial charge in [0.15, 0.2) is 0 Å². The molecule has 0 amide bonds. The van der Waals surface area contributed by atoms with Gasteiger partial charge in [-0.1, -0.05) is 32.4 Å². The predicted octanol–water partition coefficient (Wildman–Crippen LogP) is 4.66. The van der Waals surface area contributed by atoms with Crippen LogP contribution in [-0.4, -0.2) is 23.1 Å². The Hall–Kier alpha value is -1.60. The lowest BCUT2D eigenvalue weighted by Gasteiger charge is -2.23. The minimum absolute atomic E-state index is 0.0602. The highest BCUT2D eigenvalue weighted by molar-refractivity contribution is 6.32. The minimum Gasteiger partial charge on any atom is -0.320 e. The standard InChI is InChI=1S/C19H25ClF3N3O/c1-18(2,3)11-26-16(7-5-6-8-24-4)25-15-10-14(20)13(19(21,22)23)9-12(15)17(26)27/h9-10,24H,5-8,11H2,1-4H3. The van der Waals surface area contributed by atoms with Gasteiger partial charge in [0.05, 0.1) is 21.5 Å². The fourth-order valence-corrected chi connectivity index (χ4v) is 3.18. The summed E-state index contributed by atoms with van der Waals surface area (Å²) in [6, 6.07) is 1.95. The second-order valence-corrected chi connectivity index (χ2v) is 8.29. The average molecular weight is 404 g/mol. The zero-order chi connectivity index (χ0) is 20.4. The van der Waals surface area contributed by atoms with Gasteiger partial charge in [0.25, 0.3) is 5.56 Å². The first-order valence-electron chi connectivity index (χ1n) is 8.89. The lowest BCUT2D eigenvalue weighted by Crippen LogP contribution is -2.31. The molecule has 2 rings (SSSR count). The van der Waals surface area contributed by atoms with Crippen molar-refractivity contribution in [2.75, 3.05) is 13.6 Å². The van der Waals surface area contributed by atoms with Gasteiger partial charge in [-0.25, -0.2) is 4.98 Å². The number of aryl methyl sites for hydroxylation is 1. The number of hydrogen-bond donors (Lipinski definition) is 1. The molecule has 0 saturated heterocycles. The van der Waals surface area contributed by atoms with Crippen LogP contribution < -0.4 is 10.9 Å². The third kappa shape index (κ3) is 5.45. The fourth-order valence-electron chi connectivity index (χ4n) is 2.92. The molecule has 0 unspecified atom stereocenters. The molecule has 1 N–H and O–H groups in total. The van der Waals surface area contributed by atoms with Gasteiger partial charge >= 0.3 is 6.18 Å². The van der Waals surface area contributed by atoms with Crippen LogP contribution in [0.5, 0.6) is 0 Å². The van der Waals surface area contributed by atoms with Crippen molar-refractivity contribution in [3.63, 3.8) is 0 Å². The molecule has 0 aliphatic carbocycles. The van der Waals surface area contributed by atoms with Crippen LogP contribution in [0.15, 0.2) is 16.9 Å². The molecule has 2 aromatic rings. The summed E-state index contributed by atoms with van der Waals surface area (Å²) in [7, 11) is 1.87.